The van der Waals surface area contributed by atoms with Crippen molar-refractivity contribution in [1.82, 2.24) is 14.4 Å². The fourth-order valence-corrected chi connectivity index (χ4v) is 3.54. The third-order valence-corrected chi connectivity index (χ3v) is 4.73. The summed E-state index contributed by atoms with van der Waals surface area (Å²) in [6, 6.07) is 8.16. The van der Waals surface area contributed by atoms with E-state index in [9.17, 15) is 14.7 Å². The molecule has 0 aliphatic heterocycles. The first-order valence-electron chi connectivity index (χ1n) is 8.12. The van der Waals surface area contributed by atoms with Crippen molar-refractivity contribution < 1.29 is 14.7 Å². The molecule has 7 nitrogen and oxygen atoms in total. The van der Waals surface area contributed by atoms with Gasteiger partial charge < -0.3 is 10.4 Å². The number of imidazole rings is 1. The van der Waals surface area contributed by atoms with Crippen LogP contribution in [0.25, 0.3) is 27.7 Å². The van der Waals surface area contributed by atoms with Gasteiger partial charge in [-0.2, -0.15) is 0 Å². The summed E-state index contributed by atoms with van der Waals surface area (Å²) in [4.78, 5) is 32.1. The number of carboxylic acid groups (broad SMARTS) is 1. The van der Waals surface area contributed by atoms with Crippen LogP contribution in [0.2, 0.25) is 10.0 Å². The van der Waals surface area contributed by atoms with Gasteiger partial charge in [0.2, 0.25) is 5.91 Å². The lowest BCUT2D eigenvalue weighted by Crippen LogP contribution is -2.07. The number of anilines is 1. The van der Waals surface area contributed by atoms with Crippen LogP contribution in [0.1, 0.15) is 17.4 Å². The van der Waals surface area contributed by atoms with Crippen molar-refractivity contribution in [3.8, 4) is 11.3 Å². The van der Waals surface area contributed by atoms with Gasteiger partial charge in [0.05, 0.1) is 5.02 Å². The summed E-state index contributed by atoms with van der Waals surface area (Å²) in [5.41, 5.74) is 1.06. The number of carboxylic acids is 1. The van der Waals surface area contributed by atoms with E-state index in [0.29, 0.717) is 32.5 Å². The van der Waals surface area contributed by atoms with Gasteiger partial charge in [-0.25, -0.2) is 14.8 Å². The lowest BCUT2D eigenvalue weighted by atomic mass is 10.1. The number of nitrogens with zero attached hydrogens (tertiary/aromatic N) is 3. The molecular weight excluding hydrogens is 403 g/mol. The van der Waals surface area contributed by atoms with E-state index in [2.05, 4.69) is 15.3 Å². The predicted octanol–water partition coefficient (Wildman–Crippen LogP) is 4.51. The number of carbonyl (C=O) groups is 2. The van der Waals surface area contributed by atoms with E-state index in [0.717, 1.165) is 5.39 Å². The Hall–Kier alpha value is -3.16. The van der Waals surface area contributed by atoms with Crippen molar-refractivity contribution in [2.24, 2.45) is 0 Å². The number of hydrogen-bond acceptors (Lipinski definition) is 4. The van der Waals surface area contributed by atoms with Crippen LogP contribution in [0, 0.1) is 0 Å². The fraction of sp³-hybridized carbons (Fsp3) is 0.0526. The maximum Gasteiger partial charge on any atom is 0.355 e. The zero-order valence-electron chi connectivity index (χ0n) is 14.4. The number of benzene rings is 1. The molecule has 0 radical (unpaired) electrons. The first kappa shape index (κ1) is 18.2. The van der Waals surface area contributed by atoms with Gasteiger partial charge in [0.25, 0.3) is 0 Å². The Morgan fingerprint density at radius 2 is 1.96 bits per heavy atom. The van der Waals surface area contributed by atoms with Gasteiger partial charge >= 0.3 is 5.97 Å². The van der Waals surface area contributed by atoms with Crippen LogP contribution in [-0.4, -0.2) is 31.4 Å². The minimum Gasteiger partial charge on any atom is -0.476 e. The first-order chi connectivity index (χ1) is 13.3. The molecule has 0 spiro atoms. The second kappa shape index (κ2) is 6.78. The van der Waals surface area contributed by atoms with Gasteiger partial charge in [-0.1, -0.05) is 23.2 Å². The smallest absolute Gasteiger partial charge is 0.355 e. The molecule has 4 rings (SSSR count). The Morgan fingerprint density at radius 3 is 2.64 bits per heavy atom. The molecule has 1 aromatic carbocycles. The monoisotopic (exact) mass is 414 g/mol. The summed E-state index contributed by atoms with van der Waals surface area (Å²) in [5.74, 6) is -1.06. The number of amides is 1. The minimum absolute atomic E-state index is 0.0287. The summed E-state index contributed by atoms with van der Waals surface area (Å²) in [6.45, 7) is 1.38. The van der Waals surface area contributed by atoms with E-state index in [1.54, 1.807) is 36.7 Å². The molecule has 140 valence electrons. The van der Waals surface area contributed by atoms with Crippen LogP contribution in [0.4, 0.5) is 5.82 Å². The Bertz CT molecular complexity index is 1280. The molecule has 0 unspecified atom stereocenters. The number of halogens is 2. The highest BCUT2D eigenvalue weighted by Crippen LogP contribution is 2.34. The molecule has 0 bridgehead atoms. The number of fused-ring (bicyclic) bond motifs is 3. The normalized spacial score (nSPS) is 11.1. The Morgan fingerprint density at radius 1 is 1.18 bits per heavy atom. The highest BCUT2D eigenvalue weighted by molar-refractivity contribution is 6.36. The second-order valence-electron chi connectivity index (χ2n) is 6.09. The summed E-state index contributed by atoms with van der Waals surface area (Å²) < 4.78 is 1.47. The van der Waals surface area contributed by atoms with E-state index in [1.807, 2.05) is 0 Å². The number of carbonyl (C=O) groups excluding carboxylic acids is 1. The van der Waals surface area contributed by atoms with Crippen LogP contribution >= 0.6 is 23.2 Å². The van der Waals surface area contributed by atoms with Gasteiger partial charge in [-0.3, -0.25) is 9.20 Å². The van der Waals surface area contributed by atoms with Crippen molar-refractivity contribution in [3.63, 3.8) is 0 Å². The number of hydrogen-bond donors (Lipinski definition) is 2. The molecular formula is C19H12Cl2N4O3. The Kier molecular flexibility index (Phi) is 4.41. The van der Waals surface area contributed by atoms with Crippen molar-refractivity contribution in [1.29, 1.82) is 0 Å². The molecule has 0 saturated carbocycles. The molecule has 9 heteroatoms. The lowest BCUT2D eigenvalue weighted by molar-refractivity contribution is -0.114. The first-order valence-corrected chi connectivity index (χ1v) is 8.88. The molecule has 3 aromatic heterocycles. The van der Waals surface area contributed by atoms with E-state index >= 15 is 0 Å². The third-order valence-electron chi connectivity index (χ3n) is 4.18. The fourth-order valence-electron chi connectivity index (χ4n) is 3.04. The number of rotatable bonds is 3. The molecule has 3 heterocycles. The molecule has 0 aliphatic carbocycles. The van der Waals surface area contributed by atoms with E-state index in [-0.39, 0.29) is 17.3 Å². The largest absolute Gasteiger partial charge is 0.476 e. The topological polar surface area (TPSA) is 96.6 Å². The van der Waals surface area contributed by atoms with E-state index in [4.69, 9.17) is 23.2 Å². The predicted molar refractivity (Wildman–Crippen MR) is 107 cm³/mol. The third kappa shape index (κ3) is 3.04. The van der Waals surface area contributed by atoms with Gasteiger partial charge in [-0.15, -0.1) is 0 Å². The van der Waals surface area contributed by atoms with Crippen molar-refractivity contribution >= 4 is 57.3 Å². The summed E-state index contributed by atoms with van der Waals surface area (Å²) in [6.07, 6.45) is 3.20. The van der Waals surface area contributed by atoms with E-state index < -0.39 is 5.97 Å². The average molecular weight is 415 g/mol. The molecule has 28 heavy (non-hydrogen) atoms. The Balaban J connectivity index is 2.05. The Labute approximate surface area is 168 Å². The van der Waals surface area contributed by atoms with Gasteiger partial charge in [-0.05, 0) is 30.3 Å². The number of pyridine rings is 2. The zero-order chi connectivity index (χ0) is 20.0. The van der Waals surface area contributed by atoms with Gasteiger partial charge in [0, 0.05) is 40.7 Å². The molecule has 2 N–H and O–H groups in total. The van der Waals surface area contributed by atoms with Gasteiger partial charge in [0.1, 0.15) is 17.2 Å². The zero-order valence-corrected chi connectivity index (χ0v) is 15.9. The van der Waals surface area contributed by atoms with Crippen LogP contribution in [-0.2, 0) is 4.79 Å². The molecule has 4 aromatic rings. The standard InChI is InChI=1S/C19H12Cl2N4O3/c1-9(26)23-15-7-13-10(8-22-15)4-5-25-17(19(27)28)16(24-18(13)25)12-3-2-11(20)6-14(12)21/h2-8H,1H3,(H,27,28)(H,22,23,26). The molecule has 1 amide bonds. The minimum atomic E-state index is -1.15. The van der Waals surface area contributed by atoms with Crippen molar-refractivity contribution in [3.05, 3.63) is 58.5 Å². The van der Waals surface area contributed by atoms with Crippen LogP contribution < -0.4 is 5.32 Å². The highest BCUT2D eigenvalue weighted by Gasteiger charge is 2.23. The van der Waals surface area contributed by atoms with Crippen LogP contribution in [0.15, 0.2) is 42.7 Å². The molecule has 0 fully saturated rings. The van der Waals surface area contributed by atoms with Crippen molar-refractivity contribution in [2.75, 3.05) is 5.32 Å². The summed E-state index contributed by atoms with van der Waals surface area (Å²) in [7, 11) is 0. The summed E-state index contributed by atoms with van der Waals surface area (Å²) in [5, 5.41) is 14.5. The average Bonchev–Trinajstić information content (AvgIpc) is 3.01. The second-order valence-corrected chi connectivity index (χ2v) is 6.93. The number of aromatic nitrogens is 3. The lowest BCUT2D eigenvalue weighted by Gasteiger charge is -2.05. The van der Waals surface area contributed by atoms with Crippen LogP contribution in [0.5, 0.6) is 0 Å². The molecule has 0 saturated heterocycles. The summed E-state index contributed by atoms with van der Waals surface area (Å²) >= 11 is 12.2. The maximum absolute atomic E-state index is 12.0. The van der Waals surface area contributed by atoms with Crippen LogP contribution in [0.3, 0.4) is 0 Å². The van der Waals surface area contributed by atoms with Gasteiger partial charge in [0.15, 0.2) is 5.69 Å². The quantitative estimate of drug-likeness (QED) is 0.513. The number of nitrogens with one attached hydrogen (secondary N) is 1. The number of aromatic carboxylic acids is 1. The molecule has 0 aliphatic rings. The maximum atomic E-state index is 12.0. The molecule has 0 atom stereocenters. The van der Waals surface area contributed by atoms with E-state index in [1.165, 1.54) is 17.4 Å². The SMILES string of the molecule is CC(=O)Nc1cc2c(ccn3c(C(=O)O)c(-c4ccc(Cl)cc4Cl)nc23)cn1. The van der Waals surface area contributed by atoms with Crippen molar-refractivity contribution in [2.45, 2.75) is 6.92 Å². The highest BCUT2D eigenvalue weighted by atomic mass is 35.5.